The van der Waals surface area contributed by atoms with Crippen LogP contribution in [-0.2, 0) is 4.79 Å². The first-order chi connectivity index (χ1) is 8.91. The minimum Gasteiger partial charge on any atom is -0.480 e. The number of hydrogen-bond donors (Lipinski definition) is 1. The Balaban J connectivity index is 2.47. The Morgan fingerprint density at radius 3 is 2.79 bits per heavy atom. The van der Waals surface area contributed by atoms with Crippen LogP contribution in [0.15, 0.2) is 18.2 Å². The molecule has 2 atom stereocenters. The summed E-state index contributed by atoms with van der Waals surface area (Å²) in [5, 5.41) is 20.4. The summed E-state index contributed by atoms with van der Waals surface area (Å²) in [6, 6.07) is 4.20. The highest BCUT2D eigenvalue weighted by Gasteiger charge is 2.39. The second kappa shape index (κ2) is 4.87. The number of nitro groups is 1. The third-order valence-electron chi connectivity index (χ3n) is 3.59. The van der Waals surface area contributed by atoms with E-state index in [-0.39, 0.29) is 11.6 Å². The van der Waals surface area contributed by atoms with Crippen LogP contribution in [0, 0.1) is 23.0 Å². The molecule has 1 fully saturated rings. The molecule has 0 aliphatic carbocycles. The molecule has 6 heteroatoms. The number of nitro benzene ring substituents is 1. The number of anilines is 1. The number of aliphatic carboxylic acids is 1. The van der Waals surface area contributed by atoms with Crippen LogP contribution in [0.25, 0.3) is 0 Å². The number of benzene rings is 1. The van der Waals surface area contributed by atoms with Crippen molar-refractivity contribution in [3.05, 3.63) is 33.9 Å². The van der Waals surface area contributed by atoms with Crippen molar-refractivity contribution in [3.63, 3.8) is 0 Å². The van der Waals surface area contributed by atoms with Gasteiger partial charge in [-0.15, -0.1) is 0 Å². The van der Waals surface area contributed by atoms with Gasteiger partial charge in [0.15, 0.2) is 0 Å². The Hall–Kier alpha value is -2.11. The van der Waals surface area contributed by atoms with E-state index in [4.69, 9.17) is 0 Å². The van der Waals surface area contributed by atoms with E-state index < -0.39 is 16.9 Å². The van der Waals surface area contributed by atoms with Gasteiger partial charge in [0.2, 0.25) is 0 Å². The van der Waals surface area contributed by atoms with Crippen molar-refractivity contribution < 1.29 is 14.8 Å². The van der Waals surface area contributed by atoms with Crippen LogP contribution in [0.5, 0.6) is 0 Å². The number of aryl methyl sites for hydroxylation is 1. The Morgan fingerprint density at radius 1 is 1.53 bits per heavy atom. The van der Waals surface area contributed by atoms with Gasteiger partial charge in [0.05, 0.1) is 4.92 Å². The second-order valence-corrected chi connectivity index (χ2v) is 4.99. The molecular weight excluding hydrogens is 248 g/mol. The molecule has 1 aliphatic heterocycles. The summed E-state index contributed by atoms with van der Waals surface area (Å²) < 4.78 is 0. The summed E-state index contributed by atoms with van der Waals surface area (Å²) in [5.74, 6) is -0.946. The molecule has 2 rings (SSSR count). The Kier molecular flexibility index (Phi) is 3.42. The summed E-state index contributed by atoms with van der Waals surface area (Å²) in [5.41, 5.74) is 1.15. The molecule has 0 radical (unpaired) electrons. The van der Waals surface area contributed by atoms with Gasteiger partial charge in [-0.2, -0.15) is 0 Å². The van der Waals surface area contributed by atoms with Crippen LogP contribution in [0.3, 0.4) is 0 Å². The van der Waals surface area contributed by atoms with Crippen LogP contribution in [-0.4, -0.2) is 28.6 Å². The largest absolute Gasteiger partial charge is 0.480 e. The van der Waals surface area contributed by atoms with E-state index in [0.29, 0.717) is 12.2 Å². The number of rotatable bonds is 3. The molecule has 1 N–H and O–H groups in total. The first-order valence-corrected chi connectivity index (χ1v) is 6.16. The molecule has 0 spiro atoms. The van der Waals surface area contributed by atoms with Crippen molar-refractivity contribution in [1.82, 2.24) is 0 Å². The molecule has 1 aliphatic rings. The zero-order chi connectivity index (χ0) is 14.2. The standard InChI is InChI=1S/C13H16N2O4/c1-8-3-4-10(11(7-8)15(18)19)14-6-5-9(2)12(14)13(16)17/h3-4,7,9,12H,5-6H2,1-2H3,(H,16,17). The molecule has 102 valence electrons. The molecule has 1 saturated heterocycles. The van der Waals surface area contributed by atoms with Crippen molar-refractivity contribution in [2.24, 2.45) is 5.92 Å². The molecule has 1 heterocycles. The number of carbonyl (C=O) groups is 1. The van der Waals surface area contributed by atoms with E-state index in [1.807, 2.05) is 6.92 Å². The summed E-state index contributed by atoms with van der Waals surface area (Å²) in [7, 11) is 0. The van der Waals surface area contributed by atoms with E-state index in [2.05, 4.69) is 0 Å². The maximum atomic E-state index is 11.3. The fourth-order valence-corrected chi connectivity index (χ4v) is 2.62. The van der Waals surface area contributed by atoms with Crippen LogP contribution in [0.2, 0.25) is 0 Å². The van der Waals surface area contributed by atoms with E-state index >= 15 is 0 Å². The van der Waals surface area contributed by atoms with Gasteiger partial charge < -0.3 is 10.0 Å². The lowest BCUT2D eigenvalue weighted by molar-refractivity contribution is -0.384. The van der Waals surface area contributed by atoms with Gasteiger partial charge in [-0.25, -0.2) is 4.79 Å². The fraction of sp³-hybridized carbons (Fsp3) is 0.462. The minimum absolute atomic E-state index is 0.0154. The lowest BCUT2D eigenvalue weighted by Gasteiger charge is -2.25. The zero-order valence-corrected chi connectivity index (χ0v) is 10.9. The summed E-state index contributed by atoms with van der Waals surface area (Å²) in [6.45, 7) is 4.17. The lowest BCUT2D eigenvalue weighted by atomic mass is 10.0. The molecule has 0 saturated carbocycles. The van der Waals surface area contributed by atoms with Crippen molar-refractivity contribution in [2.75, 3.05) is 11.4 Å². The topological polar surface area (TPSA) is 83.7 Å². The Labute approximate surface area is 110 Å². The quantitative estimate of drug-likeness (QED) is 0.668. The van der Waals surface area contributed by atoms with E-state index in [1.165, 1.54) is 6.07 Å². The van der Waals surface area contributed by atoms with Crippen molar-refractivity contribution in [2.45, 2.75) is 26.3 Å². The fourth-order valence-electron chi connectivity index (χ4n) is 2.62. The van der Waals surface area contributed by atoms with Crippen LogP contribution < -0.4 is 4.90 Å². The van der Waals surface area contributed by atoms with Crippen LogP contribution >= 0.6 is 0 Å². The molecule has 1 aromatic carbocycles. The van der Waals surface area contributed by atoms with Gasteiger partial charge >= 0.3 is 5.97 Å². The maximum absolute atomic E-state index is 11.3. The predicted octanol–water partition coefficient (Wildman–Crippen LogP) is 2.20. The molecule has 1 aromatic rings. The smallest absolute Gasteiger partial charge is 0.326 e. The first-order valence-electron chi connectivity index (χ1n) is 6.16. The van der Waals surface area contributed by atoms with Gasteiger partial charge in [-0.05, 0) is 30.9 Å². The number of carboxylic acid groups (broad SMARTS) is 1. The Bertz CT molecular complexity index is 529. The number of nitrogens with zero attached hydrogens (tertiary/aromatic N) is 2. The van der Waals surface area contributed by atoms with Gasteiger partial charge in [0, 0.05) is 12.6 Å². The van der Waals surface area contributed by atoms with Gasteiger partial charge in [0.1, 0.15) is 11.7 Å². The van der Waals surface area contributed by atoms with Crippen LogP contribution in [0.1, 0.15) is 18.9 Å². The lowest BCUT2D eigenvalue weighted by Crippen LogP contribution is -2.39. The molecule has 6 nitrogen and oxygen atoms in total. The van der Waals surface area contributed by atoms with E-state index in [0.717, 1.165) is 12.0 Å². The maximum Gasteiger partial charge on any atom is 0.326 e. The number of hydrogen-bond acceptors (Lipinski definition) is 4. The Morgan fingerprint density at radius 2 is 2.21 bits per heavy atom. The van der Waals surface area contributed by atoms with Crippen molar-refractivity contribution in [1.29, 1.82) is 0 Å². The molecule has 19 heavy (non-hydrogen) atoms. The van der Waals surface area contributed by atoms with Gasteiger partial charge in [-0.3, -0.25) is 10.1 Å². The molecular formula is C13H16N2O4. The van der Waals surface area contributed by atoms with Gasteiger partial charge in [-0.1, -0.05) is 13.0 Å². The van der Waals surface area contributed by atoms with Crippen LogP contribution in [0.4, 0.5) is 11.4 Å². The third-order valence-corrected chi connectivity index (χ3v) is 3.59. The van der Waals surface area contributed by atoms with E-state index in [1.54, 1.807) is 24.0 Å². The summed E-state index contributed by atoms with van der Waals surface area (Å²) in [4.78, 5) is 23.6. The highest BCUT2D eigenvalue weighted by atomic mass is 16.6. The van der Waals surface area contributed by atoms with Gasteiger partial charge in [0.25, 0.3) is 5.69 Å². The molecule has 0 bridgehead atoms. The molecule has 2 unspecified atom stereocenters. The average molecular weight is 264 g/mol. The van der Waals surface area contributed by atoms with E-state index in [9.17, 15) is 20.0 Å². The predicted molar refractivity (Wildman–Crippen MR) is 70.4 cm³/mol. The normalized spacial score (nSPS) is 22.5. The summed E-state index contributed by atoms with van der Waals surface area (Å²) >= 11 is 0. The number of carboxylic acids is 1. The SMILES string of the molecule is Cc1ccc(N2CCC(C)C2C(=O)O)c([N+](=O)[O-])c1. The zero-order valence-electron chi connectivity index (χ0n) is 10.9. The highest BCUT2D eigenvalue weighted by molar-refractivity contribution is 5.81. The second-order valence-electron chi connectivity index (χ2n) is 4.99. The first kappa shape index (κ1) is 13.3. The van der Waals surface area contributed by atoms with Crippen molar-refractivity contribution in [3.8, 4) is 0 Å². The molecule has 0 aromatic heterocycles. The van der Waals surface area contributed by atoms with Crippen molar-refractivity contribution >= 4 is 17.3 Å². The summed E-state index contributed by atoms with van der Waals surface area (Å²) in [6.07, 6.45) is 0.724. The highest BCUT2D eigenvalue weighted by Crippen LogP contribution is 2.36. The average Bonchev–Trinajstić information content (AvgIpc) is 2.70. The third kappa shape index (κ3) is 2.38. The molecule has 0 amide bonds. The monoisotopic (exact) mass is 264 g/mol. The minimum atomic E-state index is -0.931.